The number of imidazole rings is 1. The van der Waals surface area contributed by atoms with Crippen LogP contribution in [0.3, 0.4) is 0 Å². The van der Waals surface area contributed by atoms with Gasteiger partial charge in [0, 0.05) is 18.4 Å². The van der Waals surface area contributed by atoms with E-state index in [9.17, 15) is 4.79 Å². The van der Waals surface area contributed by atoms with Gasteiger partial charge in [0.05, 0.1) is 24.7 Å². The zero-order valence-electron chi connectivity index (χ0n) is 20.5. The second kappa shape index (κ2) is 9.21. The van der Waals surface area contributed by atoms with Gasteiger partial charge < -0.3 is 19.4 Å². The van der Waals surface area contributed by atoms with Crippen LogP contribution in [0.2, 0.25) is 0 Å². The molecule has 1 aromatic heterocycles. The third-order valence-corrected chi connectivity index (χ3v) is 8.53. The zero-order valence-corrected chi connectivity index (χ0v) is 20.5. The van der Waals surface area contributed by atoms with E-state index in [1.807, 2.05) is 42.5 Å². The van der Waals surface area contributed by atoms with Crippen LogP contribution in [0.4, 0.5) is 0 Å². The fourth-order valence-corrected chi connectivity index (χ4v) is 7.36. The van der Waals surface area contributed by atoms with Gasteiger partial charge >= 0.3 is 0 Å². The van der Waals surface area contributed by atoms with Crippen molar-refractivity contribution < 1.29 is 14.3 Å². The number of hydrogen-bond donors (Lipinski definition) is 1. The lowest BCUT2D eigenvalue weighted by Gasteiger charge is -2.55. The third-order valence-electron chi connectivity index (χ3n) is 8.53. The third kappa shape index (κ3) is 4.39. The van der Waals surface area contributed by atoms with Crippen LogP contribution in [0.1, 0.15) is 44.3 Å². The Kier molecular flexibility index (Phi) is 5.91. The summed E-state index contributed by atoms with van der Waals surface area (Å²) in [5, 5.41) is 3.32. The standard InChI is InChI=1S/C29H35N3O3/c1-34-23-6-8-24(9-7-23)35-13-12-32-26-5-3-2-4-25(26)31-27(32)10-11-30-28(33)29-17-20-14-21(18-29)16-22(15-20)19-29/h2-9,20-22H,10-19H2,1H3,(H,30,33). The van der Waals surface area contributed by atoms with Crippen molar-refractivity contribution in [3.8, 4) is 11.5 Å². The molecule has 35 heavy (non-hydrogen) atoms. The molecule has 4 saturated carbocycles. The van der Waals surface area contributed by atoms with E-state index in [0.29, 0.717) is 25.6 Å². The smallest absolute Gasteiger partial charge is 0.226 e. The van der Waals surface area contributed by atoms with Crippen LogP contribution in [0.15, 0.2) is 48.5 Å². The highest BCUT2D eigenvalue weighted by Crippen LogP contribution is 2.60. The van der Waals surface area contributed by atoms with Gasteiger partial charge in [-0.2, -0.15) is 0 Å². The quantitative estimate of drug-likeness (QED) is 0.475. The van der Waals surface area contributed by atoms with Crippen molar-refractivity contribution in [1.29, 1.82) is 0 Å². The first-order chi connectivity index (χ1) is 17.1. The Hall–Kier alpha value is -3.02. The maximum absolute atomic E-state index is 13.4. The number of carbonyl (C=O) groups is 1. The van der Waals surface area contributed by atoms with Gasteiger partial charge in [-0.25, -0.2) is 4.98 Å². The minimum atomic E-state index is -0.0961. The predicted octanol–water partition coefficient (Wildman–Crippen LogP) is 5.00. The summed E-state index contributed by atoms with van der Waals surface area (Å²) in [5.74, 6) is 5.26. The average Bonchev–Trinajstić information content (AvgIpc) is 3.21. The first-order valence-electron chi connectivity index (χ1n) is 13.1. The van der Waals surface area contributed by atoms with Crippen LogP contribution in [-0.4, -0.2) is 35.7 Å². The Bertz CT molecular complexity index is 1160. The van der Waals surface area contributed by atoms with E-state index in [4.69, 9.17) is 14.5 Å². The maximum atomic E-state index is 13.4. The van der Waals surface area contributed by atoms with Crippen LogP contribution in [0.5, 0.6) is 11.5 Å². The van der Waals surface area contributed by atoms with E-state index >= 15 is 0 Å². The Balaban J connectivity index is 1.10. The minimum Gasteiger partial charge on any atom is -0.497 e. The lowest BCUT2D eigenvalue weighted by Crippen LogP contribution is -2.53. The first kappa shape index (κ1) is 22.4. The number of fused-ring (bicyclic) bond motifs is 1. The number of carbonyl (C=O) groups excluding carboxylic acids is 1. The number of rotatable bonds is 9. The highest BCUT2D eigenvalue weighted by Gasteiger charge is 2.54. The lowest BCUT2D eigenvalue weighted by atomic mass is 9.49. The summed E-state index contributed by atoms with van der Waals surface area (Å²) in [4.78, 5) is 18.2. The Morgan fingerprint density at radius 3 is 2.34 bits per heavy atom. The van der Waals surface area contributed by atoms with Crippen LogP contribution in [0.25, 0.3) is 11.0 Å². The Morgan fingerprint density at radius 1 is 1.00 bits per heavy atom. The summed E-state index contributed by atoms with van der Waals surface area (Å²) in [6.45, 7) is 1.87. The van der Waals surface area contributed by atoms with Crippen LogP contribution >= 0.6 is 0 Å². The van der Waals surface area contributed by atoms with Crippen LogP contribution in [-0.2, 0) is 17.8 Å². The number of benzene rings is 2. The molecule has 4 aliphatic rings. The van der Waals surface area contributed by atoms with E-state index < -0.39 is 0 Å². The molecule has 7 rings (SSSR count). The second-order valence-electron chi connectivity index (χ2n) is 10.9. The molecular weight excluding hydrogens is 438 g/mol. The molecule has 0 unspecified atom stereocenters. The molecule has 6 heteroatoms. The van der Waals surface area contributed by atoms with Crippen molar-refractivity contribution in [1.82, 2.24) is 14.9 Å². The number of amides is 1. The van der Waals surface area contributed by atoms with E-state index in [0.717, 1.165) is 71.8 Å². The van der Waals surface area contributed by atoms with E-state index in [1.165, 1.54) is 19.3 Å². The molecule has 0 aliphatic heterocycles. The fraction of sp³-hybridized carbons (Fsp3) is 0.517. The summed E-state index contributed by atoms with van der Waals surface area (Å²) >= 11 is 0. The number of aromatic nitrogens is 2. The molecule has 0 saturated heterocycles. The fourth-order valence-electron chi connectivity index (χ4n) is 7.36. The van der Waals surface area contributed by atoms with Crippen LogP contribution < -0.4 is 14.8 Å². The minimum absolute atomic E-state index is 0.0961. The summed E-state index contributed by atoms with van der Waals surface area (Å²) in [6.07, 6.45) is 8.10. The highest BCUT2D eigenvalue weighted by molar-refractivity contribution is 5.83. The van der Waals surface area contributed by atoms with Crippen molar-refractivity contribution in [2.24, 2.45) is 23.2 Å². The number of methoxy groups -OCH3 is 1. The molecule has 4 bridgehead atoms. The van der Waals surface area contributed by atoms with Crippen molar-refractivity contribution >= 4 is 16.9 Å². The van der Waals surface area contributed by atoms with E-state index in [-0.39, 0.29) is 5.41 Å². The predicted molar refractivity (Wildman–Crippen MR) is 136 cm³/mol. The van der Waals surface area contributed by atoms with E-state index in [1.54, 1.807) is 7.11 Å². The number of para-hydroxylation sites is 2. The molecule has 0 spiro atoms. The van der Waals surface area contributed by atoms with Crippen molar-refractivity contribution in [2.45, 2.75) is 51.5 Å². The van der Waals surface area contributed by atoms with Gasteiger partial charge in [0.25, 0.3) is 0 Å². The maximum Gasteiger partial charge on any atom is 0.226 e. The molecule has 4 fully saturated rings. The molecule has 1 amide bonds. The monoisotopic (exact) mass is 473 g/mol. The molecule has 1 heterocycles. The number of hydrogen-bond acceptors (Lipinski definition) is 4. The van der Waals surface area contributed by atoms with Gasteiger partial charge in [-0.15, -0.1) is 0 Å². The number of nitrogens with zero attached hydrogens (tertiary/aromatic N) is 2. The van der Waals surface area contributed by atoms with Gasteiger partial charge in [-0.05, 0) is 92.7 Å². The zero-order chi connectivity index (χ0) is 23.8. The lowest BCUT2D eigenvalue weighted by molar-refractivity contribution is -0.146. The summed E-state index contributed by atoms with van der Waals surface area (Å²) in [7, 11) is 1.66. The van der Waals surface area contributed by atoms with Gasteiger partial charge in [0.1, 0.15) is 23.9 Å². The van der Waals surface area contributed by atoms with Gasteiger partial charge in [-0.3, -0.25) is 4.79 Å². The molecule has 3 aromatic rings. The number of nitrogens with one attached hydrogen (secondary N) is 1. The van der Waals surface area contributed by atoms with Gasteiger partial charge in [0.15, 0.2) is 0 Å². The van der Waals surface area contributed by atoms with Crippen LogP contribution in [0, 0.1) is 23.2 Å². The van der Waals surface area contributed by atoms with Crippen molar-refractivity contribution in [2.75, 3.05) is 20.3 Å². The highest BCUT2D eigenvalue weighted by atomic mass is 16.5. The van der Waals surface area contributed by atoms with Gasteiger partial charge in [0.2, 0.25) is 5.91 Å². The summed E-state index contributed by atoms with van der Waals surface area (Å²) in [5.41, 5.74) is 1.99. The molecule has 0 atom stereocenters. The normalized spacial score (nSPS) is 26.7. The van der Waals surface area contributed by atoms with Crippen molar-refractivity contribution in [3.63, 3.8) is 0 Å². The molecule has 0 radical (unpaired) electrons. The second-order valence-corrected chi connectivity index (χ2v) is 10.9. The van der Waals surface area contributed by atoms with E-state index in [2.05, 4.69) is 16.0 Å². The van der Waals surface area contributed by atoms with Gasteiger partial charge in [-0.1, -0.05) is 12.1 Å². The van der Waals surface area contributed by atoms with Crippen molar-refractivity contribution in [3.05, 3.63) is 54.4 Å². The summed E-state index contributed by atoms with van der Waals surface area (Å²) < 4.78 is 13.4. The SMILES string of the molecule is COc1ccc(OCCn2c(CCNC(=O)C34CC5CC(CC(C5)C3)C4)nc3ccccc32)cc1. The number of ether oxygens (including phenoxy) is 2. The Labute approximate surface area is 207 Å². The summed E-state index contributed by atoms with van der Waals surface area (Å²) in [6, 6.07) is 15.9. The molecule has 4 aliphatic carbocycles. The molecule has 1 N–H and O–H groups in total. The molecule has 184 valence electrons. The Morgan fingerprint density at radius 2 is 1.66 bits per heavy atom. The average molecular weight is 474 g/mol. The molecule has 2 aromatic carbocycles. The largest absolute Gasteiger partial charge is 0.497 e. The molecular formula is C29H35N3O3. The molecule has 6 nitrogen and oxygen atoms in total. The first-order valence-corrected chi connectivity index (χ1v) is 13.1. The topological polar surface area (TPSA) is 65.4 Å².